The molecule has 2 aromatic heterocycles. The number of nitro groups is 1. The number of furan rings is 1. The molecule has 0 saturated heterocycles. The van der Waals surface area contributed by atoms with E-state index in [2.05, 4.69) is 15.2 Å². The number of carbonyl (C=O) groups is 1. The van der Waals surface area contributed by atoms with Crippen LogP contribution in [0, 0.1) is 17.0 Å². The summed E-state index contributed by atoms with van der Waals surface area (Å²) >= 11 is 0.901. The van der Waals surface area contributed by atoms with Crippen molar-refractivity contribution in [3.8, 4) is 11.3 Å². The molecule has 1 aromatic carbocycles. The lowest BCUT2D eigenvalue weighted by atomic mass is 10.1. The van der Waals surface area contributed by atoms with E-state index in [4.69, 9.17) is 4.42 Å². The van der Waals surface area contributed by atoms with Gasteiger partial charge in [0.05, 0.1) is 4.92 Å². The van der Waals surface area contributed by atoms with Crippen molar-refractivity contribution in [2.75, 3.05) is 0 Å². The van der Waals surface area contributed by atoms with Crippen LogP contribution in [0.4, 0.5) is 5.69 Å². The molecule has 144 valence electrons. The Labute approximate surface area is 163 Å². The number of non-ortho nitro benzene ring substituents is 1. The van der Waals surface area contributed by atoms with Gasteiger partial charge in [0.25, 0.3) is 5.69 Å². The monoisotopic (exact) mass is 400 g/mol. The Balaban J connectivity index is 1.90. The first kappa shape index (κ1) is 19.4. The Bertz CT molecular complexity index is 1070. The molecule has 0 bridgehead atoms. The van der Waals surface area contributed by atoms with Gasteiger partial charge in [-0.1, -0.05) is 13.0 Å². The number of thioether (sulfide) groups is 1. The third-order valence-corrected chi connectivity index (χ3v) is 4.73. The number of nitrogens with one attached hydrogen (secondary N) is 1. The first-order valence-corrected chi connectivity index (χ1v) is 9.08. The summed E-state index contributed by atoms with van der Waals surface area (Å²) in [6, 6.07) is 7.73. The predicted octanol–water partition coefficient (Wildman–Crippen LogP) is 4.06. The number of aliphatic carboxylic acids is 1. The van der Waals surface area contributed by atoms with Crippen LogP contribution in [0.2, 0.25) is 0 Å². The molecule has 0 aliphatic rings. The fraction of sp³-hybridized carbons (Fsp3) is 0.167. The van der Waals surface area contributed by atoms with Crippen molar-refractivity contribution in [2.24, 2.45) is 0 Å². The number of aromatic amines is 1. The lowest BCUT2D eigenvalue weighted by Crippen LogP contribution is -1.97. The molecule has 2 heterocycles. The number of benzene rings is 1. The largest absolute Gasteiger partial charge is 0.477 e. The maximum atomic E-state index is 11.6. The molecule has 0 aliphatic carbocycles. The Morgan fingerprint density at radius 3 is 2.82 bits per heavy atom. The van der Waals surface area contributed by atoms with Gasteiger partial charge in [-0.05, 0) is 36.4 Å². The maximum absolute atomic E-state index is 11.6. The van der Waals surface area contributed by atoms with Gasteiger partial charge in [0, 0.05) is 30.2 Å². The van der Waals surface area contributed by atoms with Crippen LogP contribution >= 0.6 is 11.8 Å². The van der Waals surface area contributed by atoms with E-state index in [-0.39, 0.29) is 10.6 Å². The number of H-pyrrole nitrogens is 1. The lowest BCUT2D eigenvalue weighted by molar-refractivity contribution is -0.384. The number of aryl methyl sites for hydroxylation is 2. The molecule has 0 spiro atoms. The van der Waals surface area contributed by atoms with Crippen molar-refractivity contribution in [1.29, 1.82) is 0 Å². The quantitative estimate of drug-likeness (QED) is 0.262. The first-order chi connectivity index (χ1) is 13.4. The van der Waals surface area contributed by atoms with E-state index >= 15 is 0 Å². The van der Waals surface area contributed by atoms with Crippen LogP contribution in [-0.4, -0.2) is 31.2 Å². The number of rotatable bonds is 7. The van der Waals surface area contributed by atoms with E-state index in [0.717, 1.165) is 17.3 Å². The zero-order valence-corrected chi connectivity index (χ0v) is 15.8. The molecule has 0 unspecified atom stereocenters. The Morgan fingerprint density at radius 2 is 2.18 bits per heavy atom. The van der Waals surface area contributed by atoms with Crippen molar-refractivity contribution in [3.63, 3.8) is 0 Å². The number of hydrogen-bond donors (Lipinski definition) is 2. The van der Waals surface area contributed by atoms with Gasteiger partial charge in [-0.3, -0.25) is 15.2 Å². The average molecular weight is 400 g/mol. The number of carboxylic acids is 1. The van der Waals surface area contributed by atoms with Gasteiger partial charge in [0.1, 0.15) is 22.3 Å². The second-order valence-electron chi connectivity index (χ2n) is 5.79. The molecule has 3 aromatic rings. The Hall–Kier alpha value is -3.40. The van der Waals surface area contributed by atoms with E-state index in [0.29, 0.717) is 34.5 Å². The molecule has 0 saturated carbocycles. The first-order valence-electron chi connectivity index (χ1n) is 8.26. The molecule has 2 N–H and O–H groups in total. The highest BCUT2D eigenvalue weighted by Gasteiger charge is 2.16. The van der Waals surface area contributed by atoms with Gasteiger partial charge in [-0.25, -0.2) is 9.78 Å². The van der Waals surface area contributed by atoms with E-state index in [9.17, 15) is 20.0 Å². The van der Waals surface area contributed by atoms with Gasteiger partial charge >= 0.3 is 5.97 Å². The highest BCUT2D eigenvalue weighted by atomic mass is 32.2. The minimum atomic E-state index is -1.14. The summed E-state index contributed by atoms with van der Waals surface area (Å²) in [5.74, 6) is 0.233. The minimum absolute atomic E-state index is 0.0154. The molecular formula is C18H16N4O5S. The summed E-state index contributed by atoms with van der Waals surface area (Å²) in [4.78, 5) is 26.3. The second kappa shape index (κ2) is 8.09. The van der Waals surface area contributed by atoms with Crippen LogP contribution in [0.1, 0.15) is 24.1 Å². The number of hydrogen-bond acceptors (Lipinski definition) is 7. The molecular weight excluding hydrogens is 384 g/mol. The fourth-order valence-corrected chi connectivity index (χ4v) is 3.11. The van der Waals surface area contributed by atoms with Crippen LogP contribution in [0.3, 0.4) is 0 Å². The highest BCUT2D eigenvalue weighted by Crippen LogP contribution is 2.31. The summed E-state index contributed by atoms with van der Waals surface area (Å²) < 4.78 is 5.71. The van der Waals surface area contributed by atoms with Crippen LogP contribution in [0.25, 0.3) is 17.4 Å². The molecule has 0 aliphatic heterocycles. The number of aromatic nitrogens is 3. The molecule has 28 heavy (non-hydrogen) atoms. The van der Waals surface area contributed by atoms with Gasteiger partial charge in [-0.15, -0.1) is 5.10 Å². The van der Waals surface area contributed by atoms with Gasteiger partial charge in [0.2, 0.25) is 5.16 Å². The fourth-order valence-electron chi connectivity index (χ4n) is 2.41. The standard InChI is InChI=1S/C18H16N4O5S/c1-3-16-19-18(21-20-16)28-15(17(23)24)9-12-6-7-14(27-12)13-8-11(22(25)26)5-4-10(13)2/h4-9H,3H2,1-2H3,(H,23,24)(H,19,20,21)/b15-9-. The SMILES string of the molecule is CCc1nc(S/C(=C\c2ccc(-c3cc([N+](=O)[O-])ccc3C)o2)C(=O)O)n[nH]1. The van der Waals surface area contributed by atoms with Crippen LogP contribution in [0.15, 0.2) is 44.8 Å². The molecule has 0 atom stereocenters. The van der Waals surface area contributed by atoms with Crippen molar-refractivity contribution >= 4 is 29.5 Å². The van der Waals surface area contributed by atoms with Crippen LogP contribution in [0.5, 0.6) is 0 Å². The van der Waals surface area contributed by atoms with E-state index in [1.165, 1.54) is 18.2 Å². The van der Waals surface area contributed by atoms with Crippen molar-refractivity contribution < 1.29 is 19.2 Å². The average Bonchev–Trinajstić information content (AvgIpc) is 3.30. The molecule has 0 amide bonds. The predicted molar refractivity (Wildman–Crippen MR) is 103 cm³/mol. The summed E-state index contributed by atoms with van der Waals surface area (Å²) in [6.45, 7) is 3.72. The van der Waals surface area contributed by atoms with E-state index < -0.39 is 10.9 Å². The summed E-state index contributed by atoms with van der Waals surface area (Å²) in [5.41, 5.74) is 1.32. The maximum Gasteiger partial charge on any atom is 0.342 e. The zero-order chi connectivity index (χ0) is 20.3. The van der Waals surface area contributed by atoms with E-state index in [1.807, 2.05) is 13.8 Å². The molecule has 0 radical (unpaired) electrons. The number of nitro benzene ring substituents is 1. The van der Waals surface area contributed by atoms with Crippen molar-refractivity contribution in [2.45, 2.75) is 25.4 Å². The second-order valence-corrected chi connectivity index (χ2v) is 6.80. The molecule has 3 rings (SSSR count). The molecule has 9 nitrogen and oxygen atoms in total. The van der Waals surface area contributed by atoms with Gasteiger partial charge < -0.3 is 9.52 Å². The third-order valence-electron chi connectivity index (χ3n) is 3.86. The van der Waals surface area contributed by atoms with Crippen LogP contribution < -0.4 is 0 Å². The number of nitrogens with zero attached hydrogens (tertiary/aromatic N) is 3. The van der Waals surface area contributed by atoms with Crippen LogP contribution in [-0.2, 0) is 11.2 Å². The summed E-state index contributed by atoms with van der Waals surface area (Å²) in [7, 11) is 0. The lowest BCUT2D eigenvalue weighted by Gasteiger charge is -2.02. The normalized spacial score (nSPS) is 11.6. The molecule has 0 fully saturated rings. The minimum Gasteiger partial charge on any atom is -0.477 e. The summed E-state index contributed by atoms with van der Waals surface area (Å²) in [5, 5.41) is 27.5. The molecule has 10 heteroatoms. The van der Waals surface area contributed by atoms with Gasteiger partial charge in [-0.2, -0.15) is 0 Å². The Morgan fingerprint density at radius 1 is 1.39 bits per heavy atom. The summed E-state index contributed by atoms with van der Waals surface area (Å²) in [6.07, 6.45) is 2.02. The Kier molecular flexibility index (Phi) is 5.59. The topological polar surface area (TPSA) is 135 Å². The van der Waals surface area contributed by atoms with Crippen molar-refractivity contribution in [3.05, 3.63) is 62.5 Å². The smallest absolute Gasteiger partial charge is 0.342 e. The van der Waals surface area contributed by atoms with E-state index in [1.54, 1.807) is 18.2 Å². The highest BCUT2D eigenvalue weighted by molar-refractivity contribution is 8.04. The third kappa shape index (κ3) is 4.29. The number of carboxylic acid groups (broad SMARTS) is 1. The zero-order valence-electron chi connectivity index (χ0n) is 15.0. The van der Waals surface area contributed by atoms with Gasteiger partial charge in [0.15, 0.2) is 0 Å². The van der Waals surface area contributed by atoms with Crippen molar-refractivity contribution in [1.82, 2.24) is 15.2 Å².